The summed E-state index contributed by atoms with van der Waals surface area (Å²) in [5.74, 6) is 0. The molecular formula is C11H21N3O. The van der Waals surface area contributed by atoms with E-state index in [1.54, 1.807) is 0 Å². The van der Waals surface area contributed by atoms with E-state index in [0.29, 0.717) is 12.6 Å². The van der Waals surface area contributed by atoms with E-state index in [-0.39, 0.29) is 12.6 Å². The lowest BCUT2D eigenvalue weighted by atomic mass is 10.3. The number of hydrogen-bond donors (Lipinski definition) is 2. The van der Waals surface area contributed by atoms with Gasteiger partial charge in [0.05, 0.1) is 12.3 Å². The van der Waals surface area contributed by atoms with E-state index >= 15 is 0 Å². The van der Waals surface area contributed by atoms with Gasteiger partial charge in [-0.3, -0.25) is 4.68 Å². The highest BCUT2D eigenvalue weighted by Gasteiger charge is 2.05. The molecule has 0 amide bonds. The number of aliphatic hydroxyl groups excluding tert-OH is 1. The van der Waals surface area contributed by atoms with Crippen LogP contribution in [0.2, 0.25) is 0 Å². The fourth-order valence-corrected chi connectivity index (χ4v) is 1.25. The highest BCUT2D eigenvalue weighted by Crippen LogP contribution is 2.08. The smallest absolute Gasteiger partial charge is 0.0762 e. The van der Waals surface area contributed by atoms with Gasteiger partial charge >= 0.3 is 0 Å². The number of nitrogens with one attached hydrogen (secondary N) is 1. The molecule has 0 radical (unpaired) electrons. The van der Waals surface area contributed by atoms with Crippen molar-refractivity contribution in [2.45, 2.75) is 45.8 Å². The van der Waals surface area contributed by atoms with E-state index in [9.17, 15) is 0 Å². The maximum Gasteiger partial charge on any atom is 0.0762 e. The zero-order valence-corrected chi connectivity index (χ0v) is 9.77. The van der Waals surface area contributed by atoms with Crippen LogP contribution in [0.4, 0.5) is 0 Å². The average Bonchev–Trinajstić information content (AvgIpc) is 2.73. The summed E-state index contributed by atoms with van der Waals surface area (Å²) in [6, 6.07) is 2.59. The van der Waals surface area contributed by atoms with E-state index in [0.717, 1.165) is 12.1 Å². The van der Waals surface area contributed by atoms with E-state index in [4.69, 9.17) is 5.11 Å². The third-order valence-corrected chi connectivity index (χ3v) is 2.61. The standard InChI is InChI=1S/C11H21N3O/c1-4-10(3)14-6-5-11(13-14)7-12-9(2)8-15/h5-6,9-10,12,15H,4,7-8H2,1-3H3. The predicted molar refractivity (Wildman–Crippen MR) is 60.6 cm³/mol. The van der Waals surface area contributed by atoms with Crippen LogP contribution >= 0.6 is 0 Å². The van der Waals surface area contributed by atoms with Gasteiger partial charge in [-0.05, 0) is 26.3 Å². The minimum Gasteiger partial charge on any atom is -0.395 e. The molecule has 4 nitrogen and oxygen atoms in total. The van der Waals surface area contributed by atoms with Gasteiger partial charge in [0, 0.05) is 24.8 Å². The Morgan fingerprint density at radius 3 is 2.87 bits per heavy atom. The first-order valence-corrected chi connectivity index (χ1v) is 5.55. The number of aromatic nitrogens is 2. The Labute approximate surface area is 91.3 Å². The van der Waals surface area contributed by atoms with Crippen molar-refractivity contribution < 1.29 is 5.11 Å². The van der Waals surface area contributed by atoms with Crippen LogP contribution in [0, 0.1) is 0 Å². The van der Waals surface area contributed by atoms with E-state index < -0.39 is 0 Å². The Morgan fingerprint density at radius 2 is 2.27 bits per heavy atom. The van der Waals surface area contributed by atoms with Gasteiger partial charge in [-0.2, -0.15) is 5.10 Å². The third kappa shape index (κ3) is 3.64. The van der Waals surface area contributed by atoms with E-state index in [2.05, 4.69) is 24.3 Å². The Kier molecular flexibility index (Phi) is 4.78. The number of hydrogen-bond acceptors (Lipinski definition) is 3. The average molecular weight is 211 g/mol. The van der Waals surface area contributed by atoms with Crippen molar-refractivity contribution in [2.24, 2.45) is 0 Å². The van der Waals surface area contributed by atoms with Crippen molar-refractivity contribution in [3.8, 4) is 0 Å². The topological polar surface area (TPSA) is 50.1 Å². The molecule has 86 valence electrons. The van der Waals surface area contributed by atoms with Crippen LogP contribution in [-0.4, -0.2) is 27.5 Å². The van der Waals surface area contributed by atoms with E-state index in [1.807, 2.05) is 23.9 Å². The molecule has 0 bridgehead atoms. The van der Waals surface area contributed by atoms with Crippen molar-refractivity contribution in [1.29, 1.82) is 0 Å². The molecule has 4 heteroatoms. The van der Waals surface area contributed by atoms with Crippen LogP contribution in [0.3, 0.4) is 0 Å². The minimum absolute atomic E-state index is 0.124. The van der Waals surface area contributed by atoms with E-state index in [1.165, 1.54) is 0 Å². The van der Waals surface area contributed by atoms with Crippen molar-refractivity contribution in [3.05, 3.63) is 18.0 Å². The summed E-state index contributed by atoms with van der Waals surface area (Å²) >= 11 is 0. The van der Waals surface area contributed by atoms with Gasteiger partial charge in [-0.1, -0.05) is 6.92 Å². The predicted octanol–water partition coefficient (Wildman–Crippen LogP) is 1.32. The second kappa shape index (κ2) is 5.88. The fourth-order valence-electron chi connectivity index (χ4n) is 1.25. The summed E-state index contributed by atoms with van der Waals surface area (Å²) < 4.78 is 1.99. The largest absolute Gasteiger partial charge is 0.395 e. The molecule has 0 fully saturated rings. The number of aliphatic hydroxyl groups is 1. The van der Waals surface area contributed by atoms with Gasteiger partial charge in [0.15, 0.2) is 0 Å². The van der Waals surface area contributed by atoms with Gasteiger partial charge in [0.2, 0.25) is 0 Å². The van der Waals surface area contributed by atoms with Crippen LogP contribution in [0.25, 0.3) is 0 Å². The Hall–Kier alpha value is -0.870. The van der Waals surface area contributed by atoms with Crippen molar-refractivity contribution in [1.82, 2.24) is 15.1 Å². The van der Waals surface area contributed by atoms with Crippen molar-refractivity contribution >= 4 is 0 Å². The molecular weight excluding hydrogens is 190 g/mol. The van der Waals surface area contributed by atoms with Gasteiger partial charge in [0.25, 0.3) is 0 Å². The summed E-state index contributed by atoms with van der Waals surface area (Å²) in [6.45, 7) is 7.13. The highest BCUT2D eigenvalue weighted by atomic mass is 16.3. The molecule has 0 saturated heterocycles. The first-order chi connectivity index (χ1) is 7.17. The number of rotatable bonds is 6. The van der Waals surface area contributed by atoms with Gasteiger partial charge in [-0.25, -0.2) is 0 Å². The molecule has 2 N–H and O–H groups in total. The molecule has 0 aromatic carbocycles. The second-order valence-electron chi connectivity index (χ2n) is 4.01. The first-order valence-electron chi connectivity index (χ1n) is 5.55. The van der Waals surface area contributed by atoms with Crippen molar-refractivity contribution in [3.63, 3.8) is 0 Å². The molecule has 0 spiro atoms. The lowest BCUT2D eigenvalue weighted by molar-refractivity contribution is 0.250. The molecule has 0 saturated carbocycles. The maximum absolute atomic E-state index is 8.86. The molecule has 1 aromatic heterocycles. The van der Waals surface area contributed by atoms with Gasteiger partial charge in [0.1, 0.15) is 0 Å². The fraction of sp³-hybridized carbons (Fsp3) is 0.727. The Balaban J connectivity index is 2.46. The van der Waals surface area contributed by atoms with Crippen LogP contribution in [0.5, 0.6) is 0 Å². The molecule has 15 heavy (non-hydrogen) atoms. The van der Waals surface area contributed by atoms with Gasteiger partial charge in [-0.15, -0.1) is 0 Å². The zero-order chi connectivity index (χ0) is 11.3. The third-order valence-electron chi connectivity index (χ3n) is 2.61. The highest BCUT2D eigenvalue weighted by molar-refractivity contribution is 4.99. The molecule has 2 unspecified atom stereocenters. The summed E-state index contributed by atoms with van der Waals surface area (Å²) in [6.07, 6.45) is 3.09. The Bertz CT molecular complexity index is 285. The Morgan fingerprint density at radius 1 is 1.53 bits per heavy atom. The maximum atomic E-state index is 8.86. The monoisotopic (exact) mass is 211 g/mol. The minimum atomic E-state index is 0.124. The normalized spacial score (nSPS) is 15.2. The molecule has 0 aliphatic heterocycles. The van der Waals surface area contributed by atoms with Crippen LogP contribution in [0.15, 0.2) is 12.3 Å². The van der Waals surface area contributed by atoms with Gasteiger partial charge < -0.3 is 10.4 Å². The van der Waals surface area contributed by atoms with Crippen molar-refractivity contribution in [2.75, 3.05) is 6.61 Å². The van der Waals surface area contributed by atoms with Crippen LogP contribution in [-0.2, 0) is 6.54 Å². The molecule has 2 atom stereocenters. The lowest BCUT2D eigenvalue weighted by Gasteiger charge is -2.10. The lowest BCUT2D eigenvalue weighted by Crippen LogP contribution is -2.28. The molecule has 1 heterocycles. The summed E-state index contributed by atoms with van der Waals surface area (Å²) in [5.41, 5.74) is 1.02. The van der Waals surface area contributed by atoms with Crippen LogP contribution < -0.4 is 5.32 Å². The zero-order valence-electron chi connectivity index (χ0n) is 9.77. The second-order valence-corrected chi connectivity index (χ2v) is 4.01. The summed E-state index contributed by atoms with van der Waals surface area (Å²) in [5, 5.41) is 16.5. The quantitative estimate of drug-likeness (QED) is 0.746. The first kappa shape index (κ1) is 12.2. The molecule has 1 rings (SSSR count). The molecule has 1 aromatic rings. The summed E-state index contributed by atoms with van der Waals surface area (Å²) in [7, 11) is 0. The molecule has 0 aliphatic carbocycles. The van der Waals surface area contributed by atoms with Crippen LogP contribution in [0.1, 0.15) is 38.9 Å². The summed E-state index contributed by atoms with van der Waals surface area (Å²) in [4.78, 5) is 0. The molecule has 0 aliphatic rings. The number of nitrogens with zero attached hydrogens (tertiary/aromatic N) is 2. The SMILES string of the molecule is CCC(C)n1ccc(CNC(C)CO)n1.